The van der Waals surface area contributed by atoms with Crippen LogP contribution in [0.15, 0.2) is 53.5 Å². The molecule has 19 heavy (non-hydrogen) atoms. The summed E-state index contributed by atoms with van der Waals surface area (Å²) in [5.41, 5.74) is 2.55. The van der Waals surface area contributed by atoms with Gasteiger partial charge in [0.25, 0.3) is 0 Å². The van der Waals surface area contributed by atoms with Crippen molar-refractivity contribution in [2.75, 3.05) is 7.11 Å². The second-order valence-electron chi connectivity index (χ2n) is 4.24. The number of aliphatic imine (C=N–C) groups is 1. The van der Waals surface area contributed by atoms with Crippen LogP contribution in [0.4, 0.5) is 0 Å². The third kappa shape index (κ3) is 3.13. The molecule has 0 unspecified atom stereocenters. The summed E-state index contributed by atoms with van der Waals surface area (Å²) < 4.78 is 5.26. The first-order valence-corrected chi connectivity index (χ1v) is 6.13. The highest BCUT2D eigenvalue weighted by Gasteiger charge is 2.10. The summed E-state index contributed by atoms with van der Waals surface area (Å²) in [6.07, 6.45) is 0. The number of hydrogen-bond acceptors (Lipinski definition) is 3. The first-order chi connectivity index (χ1) is 9.22. The molecule has 1 N–H and O–H groups in total. The SMILES string of the molecule is COc1cccc(O)c1/C(C)=N/Cc1ccccc1. The van der Waals surface area contributed by atoms with Crippen LogP contribution in [0.3, 0.4) is 0 Å². The molecule has 0 saturated heterocycles. The lowest BCUT2D eigenvalue weighted by atomic mass is 10.1. The predicted octanol–water partition coefficient (Wildman–Crippen LogP) is 3.41. The van der Waals surface area contributed by atoms with Crippen LogP contribution in [0.25, 0.3) is 0 Å². The average molecular weight is 255 g/mol. The van der Waals surface area contributed by atoms with Crippen molar-refractivity contribution >= 4 is 5.71 Å². The lowest BCUT2D eigenvalue weighted by Crippen LogP contribution is -2.00. The molecule has 0 aliphatic rings. The van der Waals surface area contributed by atoms with Crippen molar-refractivity contribution in [1.29, 1.82) is 0 Å². The van der Waals surface area contributed by atoms with Gasteiger partial charge in [-0.15, -0.1) is 0 Å². The van der Waals surface area contributed by atoms with Crippen LogP contribution in [0.1, 0.15) is 18.1 Å². The smallest absolute Gasteiger partial charge is 0.131 e. The van der Waals surface area contributed by atoms with E-state index in [0.29, 0.717) is 17.9 Å². The lowest BCUT2D eigenvalue weighted by molar-refractivity contribution is 0.406. The number of phenolic OH excluding ortho intramolecular Hbond substituents is 1. The first kappa shape index (κ1) is 13.1. The molecule has 0 atom stereocenters. The minimum atomic E-state index is 0.189. The van der Waals surface area contributed by atoms with Gasteiger partial charge in [0, 0.05) is 5.71 Å². The van der Waals surface area contributed by atoms with Crippen LogP contribution in [0.2, 0.25) is 0 Å². The zero-order chi connectivity index (χ0) is 13.7. The van der Waals surface area contributed by atoms with Gasteiger partial charge in [0.05, 0.1) is 19.2 Å². The van der Waals surface area contributed by atoms with E-state index >= 15 is 0 Å². The van der Waals surface area contributed by atoms with Gasteiger partial charge in [-0.3, -0.25) is 4.99 Å². The predicted molar refractivity (Wildman–Crippen MR) is 77.0 cm³/mol. The molecular formula is C16H17NO2. The Hall–Kier alpha value is -2.29. The van der Waals surface area contributed by atoms with E-state index < -0.39 is 0 Å². The fourth-order valence-electron chi connectivity index (χ4n) is 1.93. The molecule has 0 aliphatic heterocycles. The Morgan fingerprint density at radius 3 is 2.53 bits per heavy atom. The van der Waals surface area contributed by atoms with Crippen LogP contribution in [-0.2, 0) is 6.54 Å². The summed E-state index contributed by atoms with van der Waals surface area (Å²) in [6.45, 7) is 2.46. The van der Waals surface area contributed by atoms with Crippen LogP contribution in [-0.4, -0.2) is 17.9 Å². The molecule has 2 rings (SSSR count). The molecule has 2 aromatic rings. The van der Waals surface area contributed by atoms with E-state index in [-0.39, 0.29) is 5.75 Å². The highest BCUT2D eigenvalue weighted by molar-refractivity contribution is 6.03. The maximum atomic E-state index is 9.93. The Morgan fingerprint density at radius 1 is 1.11 bits per heavy atom. The Bertz CT molecular complexity index is 577. The average Bonchev–Trinajstić information content (AvgIpc) is 2.45. The standard InChI is InChI=1S/C16H17NO2/c1-12(17-11-13-7-4-3-5-8-13)16-14(18)9-6-10-15(16)19-2/h3-10,18H,11H2,1-2H3/b17-12+. The summed E-state index contributed by atoms with van der Waals surface area (Å²) in [5.74, 6) is 0.822. The van der Waals surface area contributed by atoms with E-state index in [9.17, 15) is 5.11 Å². The minimum absolute atomic E-state index is 0.189. The second-order valence-corrected chi connectivity index (χ2v) is 4.24. The maximum Gasteiger partial charge on any atom is 0.131 e. The molecule has 0 aromatic heterocycles. The molecule has 3 heteroatoms. The summed E-state index contributed by atoms with van der Waals surface area (Å²) in [4.78, 5) is 4.51. The van der Waals surface area contributed by atoms with Gasteiger partial charge in [-0.25, -0.2) is 0 Å². The van der Waals surface area contributed by atoms with Crippen molar-refractivity contribution in [2.45, 2.75) is 13.5 Å². The molecule has 0 aliphatic carbocycles. The summed E-state index contributed by atoms with van der Waals surface area (Å²) in [5, 5.41) is 9.93. The van der Waals surface area contributed by atoms with E-state index in [2.05, 4.69) is 4.99 Å². The minimum Gasteiger partial charge on any atom is -0.507 e. The Kier molecular flexibility index (Phi) is 4.18. The number of phenols is 1. The summed E-state index contributed by atoms with van der Waals surface area (Å²) in [7, 11) is 1.59. The monoisotopic (exact) mass is 255 g/mol. The number of rotatable bonds is 4. The quantitative estimate of drug-likeness (QED) is 0.851. The second kappa shape index (κ2) is 6.05. The van der Waals surface area contributed by atoms with Crippen molar-refractivity contribution in [2.24, 2.45) is 4.99 Å². The number of ether oxygens (including phenoxy) is 1. The number of benzene rings is 2. The topological polar surface area (TPSA) is 41.8 Å². The highest BCUT2D eigenvalue weighted by atomic mass is 16.5. The number of methoxy groups -OCH3 is 1. The summed E-state index contributed by atoms with van der Waals surface area (Å²) in [6, 6.07) is 15.2. The zero-order valence-electron chi connectivity index (χ0n) is 11.1. The van der Waals surface area contributed by atoms with Crippen molar-refractivity contribution in [1.82, 2.24) is 0 Å². The molecule has 3 nitrogen and oxygen atoms in total. The Labute approximate surface area is 113 Å². The van der Waals surface area contributed by atoms with Gasteiger partial charge in [0.2, 0.25) is 0 Å². The van der Waals surface area contributed by atoms with Gasteiger partial charge >= 0.3 is 0 Å². The van der Waals surface area contributed by atoms with E-state index in [4.69, 9.17) is 4.74 Å². The molecular weight excluding hydrogens is 238 g/mol. The molecule has 98 valence electrons. The van der Waals surface area contributed by atoms with Gasteiger partial charge < -0.3 is 9.84 Å². The van der Waals surface area contributed by atoms with Gasteiger partial charge in [-0.05, 0) is 24.6 Å². The molecule has 0 saturated carbocycles. The third-order valence-electron chi connectivity index (χ3n) is 2.93. The van der Waals surface area contributed by atoms with Crippen LogP contribution < -0.4 is 4.74 Å². The van der Waals surface area contributed by atoms with Crippen LogP contribution >= 0.6 is 0 Å². The van der Waals surface area contributed by atoms with E-state index in [1.54, 1.807) is 19.2 Å². The summed E-state index contributed by atoms with van der Waals surface area (Å²) >= 11 is 0. The number of nitrogens with zero attached hydrogens (tertiary/aromatic N) is 1. The molecule has 0 fully saturated rings. The highest BCUT2D eigenvalue weighted by Crippen LogP contribution is 2.28. The zero-order valence-corrected chi connectivity index (χ0v) is 11.1. The van der Waals surface area contributed by atoms with E-state index in [0.717, 1.165) is 11.3 Å². The molecule has 2 aromatic carbocycles. The largest absolute Gasteiger partial charge is 0.507 e. The van der Waals surface area contributed by atoms with Gasteiger partial charge in [-0.2, -0.15) is 0 Å². The van der Waals surface area contributed by atoms with Gasteiger partial charge in [-0.1, -0.05) is 36.4 Å². The van der Waals surface area contributed by atoms with Crippen molar-refractivity contribution in [3.8, 4) is 11.5 Å². The van der Waals surface area contributed by atoms with Crippen molar-refractivity contribution in [3.63, 3.8) is 0 Å². The van der Waals surface area contributed by atoms with Crippen molar-refractivity contribution in [3.05, 3.63) is 59.7 Å². The van der Waals surface area contributed by atoms with Crippen LogP contribution in [0, 0.1) is 0 Å². The first-order valence-electron chi connectivity index (χ1n) is 6.13. The molecule has 0 bridgehead atoms. The Balaban J connectivity index is 2.26. The van der Waals surface area contributed by atoms with E-state index in [1.165, 1.54) is 0 Å². The van der Waals surface area contributed by atoms with Crippen LogP contribution in [0.5, 0.6) is 11.5 Å². The normalized spacial score (nSPS) is 11.4. The fourth-order valence-corrected chi connectivity index (χ4v) is 1.93. The number of aromatic hydroxyl groups is 1. The van der Waals surface area contributed by atoms with Gasteiger partial charge in [0.15, 0.2) is 0 Å². The molecule has 0 amide bonds. The van der Waals surface area contributed by atoms with E-state index in [1.807, 2.05) is 43.3 Å². The number of hydrogen-bond donors (Lipinski definition) is 1. The maximum absolute atomic E-state index is 9.93. The van der Waals surface area contributed by atoms with Crippen molar-refractivity contribution < 1.29 is 9.84 Å². The molecule has 0 heterocycles. The molecule has 0 spiro atoms. The molecule has 0 radical (unpaired) electrons. The fraction of sp³-hybridized carbons (Fsp3) is 0.188. The third-order valence-corrected chi connectivity index (χ3v) is 2.93. The Morgan fingerprint density at radius 2 is 1.84 bits per heavy atom. The van der Waals surface area contributed by atoms with Gasteiger partial charge in [0.1, 0.15) is 11.5 Å². The lowest BCUT2D eigenvalue weighted by Gasteiger charge is -2.10.